The Bertz CT molecular complexity index is 474. The van der Waals surface area contributed by atoms with Gasteiger partial charge in [-0.05, 0) is 29.9 Å². The summed E-state index contributed by atoms with van der Waals surface area (Å²) < 4.78 is 4.68. The van der Waals surface area contributed by atoms with Crippen molar-refractivity contribution in [2.75, 3.05) is 20.2 Å². The van der Waals surface area contributed by atoms with Gasteiger partial charge in [0.25, 0.3) is 0 Å². The second kappa shape index (κ2) is 7.46. The maximum Gasteiger partial charge on any atom is 0.406 e. The predicted molar refractivity (Wildman–Crippen MR) is 84.2 cm³/mol. The van der Waals surface area contributed by atoms with Gasteiger partial charge in [-0.3, -0.25) is 4.90 Å². The number of fused-ring (bicyclic) bond motifs is 1. The molecule has 1 unspecified atom stereocenters. The average Bonchev–Trinajstić information content (AvgIpc) is 2.50. The second-order valence-electron chi connectivity index (χ2n) is 6.15. The number of carbonyl (C=O) groups excluding carboxylic acids is 1. The summed E-state index contributed by atoms with van der Waals surface area (Å²) in [5.41, 5.74) is 2.87. The van der Waals surface area contributed by atoms with Gasteiger partial charge in [0.05, 0.1) is 7.11 Å². The molecular weight excluding hydrogens is 264 g/mol. The third-order valence-corrected chi connectivity index (χ3v) is 4.09. The first-order chi connectivity index (χ1) is 10.1. The van der Waals surface area contributed by atoms with Gasteiger partial charge in [-0.1, -0.05) is 38.1 Å². The molecule has 1 aromatic rings. The Balaban J connectivity index is 2.02. The molecule has 4 heteroatoms. The van der Waals surface area contributed by atoms with Crippen molar-refractivity contribution in [1.29, 1.82) is 0 Å². The van der Waals surface area contributed by atoms with Crippen molar-refractivity contribution in [3.63, 3.8) is 0 Å². The number of hydrogen-bond acceptors (Lipinski definition) is 3. The van der Waals surface area contributed by atoms with Crippen LogP contribution < -0.4 is 5.32 Å². The van der Waals surface area contributed by atoms with Crippen LogP contribution in [-0.2, 0) is 17.7 Å². The van der Waals surface area contributed by atoms with Gasteiger partial charge >= 0.3 is 6.09 Å². The van der Waals surface area contributed by atoms with Gasteiger partial charge < -0.3 is 10.1 Å². The van der Waals surface area contributed by atoms with E-state index in [1.54, 1.807) is 0 Å². The lowest BCUT2D eigenvalue weighted by Crippen LogP contribution is -2.46. The van der Waals surface area contributed by atoms with E-state index in [0.29, 0.717) is 18.5 Å². The van der Waals surface area contributed by atoms with Crippen molar-refractivity contribution in [3.05, 3.63) is 35.4 Å². The Labute approximate surface area is 127 Å². The summed E-state index contributed by atoms with van der Waals surface area (Å²) in [5.74, 6) is 0.603. The van der Waals surface area contributed by atoms with Crippen molar-refractivity contribution < 1.29 is 9.53 Å². The Morgan fingerprint density at radius 2 is 2.05 bits per heavy atom. The van der Waals surface area contributed by atoms with E-state index in [4.69, 9.17) is 0 Å². The molecule has 21 heavy (non-hydrogen) atoms. The van der Waals surface area contributed by atoms with Crippen molar-refractivity contribution in [2.45, 2.75) is 39.3 Å². The van der Waals surface area contributed by atoms with E-state index in [0.717, 1.165) is 25.9 Å². The number of nitrogens with one attached hydrogen (secondary N) is 1. The summed E-state index contributed by atoms with van der Waals surface area (Å²) in [6.07, 6.45) is 1.82. The molecule has 1 heterocycles. The van der Waals surface area contributed by atoms with Crippen molar-refractivity contribution >= 4 is 6.09 Å². The average molecular weight is 290 g/mol. The highest BCUT2D eigenvalue weighted by Gasteiger charge is 2.24. The largest absolute Gasteiger partial charge is 0.453 e. The topological polar surface area (TPSA) is 41.6 Å². The minimum Gasteiger partial charge on any atom is -0.453 e. The molecule has 0 radical (unpaired) electrons. The summed E-state index contributed by atoms with van der Waals surface area (Å²) in [4.78, 5) is 13.8. The standard InChI is InChI=1S/C17H26N2O2/c1-13(2)10-16(11-18-17(20)21-3)19-9-8-14-6-4-5-7-15(14)12-19/h4-7,13,16H,8-12H2,1-3H3,(H,18,20). The van der Waals surface area contributed by atoms with Gasteiger partial charge in [0.15, 0.2) is 0 Å². The van der Waals surface area contributed by atoms with E-state index >= 15 is 0 Å². The maximum atomic E-state index is 11.3. The number of amides is 1. The molecule has 0 saturated heterocycles. The number of hydrogen-bond donors (Lipinski definition) is 1. The quantitative estimate of drug-likeness (QED) is 0.906. The fourth-order valence-electron chi connectivity index (χ4n) is 3.01. The highest BCUT2D eigenvalue weighted by molar-refractivity contribution is 5.66. The maximum absolute atomic E-state index is 11.3. The first kappa shape index (κ1) is 15.8. The Kier molecular flexibility index (Phi) is 5.62. The van der Waals surface area contributed by atoms with Crippen LogP contribution in [0.1, 0.15) is 31.4 Å². The lowest BCUT2D eigenvalue weighted by molar-refractivity contribution is 0.140. The molecule has 0 bridgehead atoms. The number of methoxy groups -OCH3 is 1. The van der Waals surface area contributed by atoms with Crippen LogP contribution in [0, 0.1) is 5.92 Å². The molecule has 1 aliphatic heterocycles. The van der Waals surface area contributed by atoms with Crippen LogP contribution in [0.4, 0.5) is 4.79 Å². The van der Waals surface area contributed by atoms with E-state index in [1.165, 1.54) is 18.2 Å². The first-order valence-corrected chi connectivity index (χ1v) is 7.72. The number of ether oxygens (including phenoxy) is 1. The van der Waals surface area contributed by atoms with E-state index in [1.807, 2.05) is 0 Å². The van der Waals surface area contributed by atoms with Gasteiger partial charge in [0.2, 0.25) is 0 Å². The normalized spacial score (nSPS) is 16.4. The minimum atomic E-state index is -0.346. The van der Waals surface area contributed by atoms with E-state index < -0.39 is 0 Å². The second-order valence-corrected chi connectivity index (χ2v) is 6.15. The molecular formula is C17H26N2O2. The Morgan fingerprint density at radius 1 is 1.33 bits per heavy atom. The zero-order valence-corrected chi connectivity index (χ0v) is 13.3. The summed E-state index contributed by atoms with van der Waals surface area (Å²) in [6.45, 7) is 7.12. The van der Waals surface area contributed by atoms with Crippen LogP contribution in [-0.4, -0.2) is 37.2 Å². The molecule has 4 nitrogen and oxygen atoms in total. The molecule has 0 spiro atoms. The van der Waals surface area contributed by atoms with Gasteiger partial charge in [-0.25, -0.2) is 4.79 Å². The number of carbonyl (C=O) groups is 1. The fourth-order valence-corrected chi connectivity index (χ4v) is 3.01. The number of nitrogens with zero attached hydrogens (tertiary/aromatic N) is 1. The van der Waals surface area contributed by atoms with Crippen molar-refractivity contribution in [1.82, 2.24) is 10.2 Å². The third-order valence-electron chi connectivity index (χ3n) is 4.09. The van der Waals surface area contributed by atoms with Crippen LogP contribution in [0.3, 0.4) is 0 Å². The van der Waals surface area contributed by atoms with Crippen LogP contribution in [0.2, 0.25) is 0 Å². The fraction of sp³-hybridized carbons (Fsp3) is 0.588. The van der Waals surface area contributed by atoms with Gasteiger partial charge in [0.1, 0.15) is 0 Å². The molecule has 1 aromatic carbocycles. The Hall–Kier alpha value is -1.55. The van der Waals surface area contributed by atoms with Crippen molar-refractivity contribution in [2.24, 2.45) is 5.92 Å². The van der Waals surface area contributed by atoms with Crippen molar-refractivity contribution in [3.8, 4) is 0 Å². The van der Waals surface area contributed by atoms with E-state index in [9.17, 15) is 4.79 Å². The summed E-state index contributed by atoms with van der Waals surface area (Å²) >= 11 is 0. The smallest absolute Gasteiger partial charge is 0.406 e. The third kappa shape index (κ3) is 4.46. The molecule has 2 rings (SSSR count). The summed E-state index contributed by atoms with van der Waals surface area (Å²) in [5, 5.41) is 2.86. The zero-order chi connectivity index (χ0) is 15.2. The molecule has 1 aliphatic rings. The van der Waals surface area contributed by atoms with E-state index in [2.05, 4.69) is 53.1 Å². The molecule has 1 amide bonds. The number of alkyl carbamates (subject to hydrolysis) is 1. The van der Waals surface area contributed by atoms with Crippen LogP contribution in [0.25, 0.3) is 0 Å². The number of benzene rings is 1. The monoisotopic (exact) mass is 290 g/mol. The molecule has 116 valence electrons. The van der Waals surface area contributed by atoms with Gasteiger partial charge in [-0.2, -0.15) is 0 Å². The van der Waals surface area contributed by atoms with Crippen LogP contribution in [0.5, 0.6) is 0 Å². The summed E-state index contributed by atoms with van der Waals surface area (Å²) in [7, 11) is 1.41. The van der Waals surface area contributed by atoms with Gasteiger partial charge in [-0.15, -0.1) is 0 Å². The predicted octanol–water partition coefficient (Wildman–Crippen LogP) is 2.82. The molecule has 0 fully saturated rings. The van der Waals surface area contributed by atoms with Crippen LogP contribution >= 0.6 is 0 Å². The highest BCUT2D eigenvalue weighted by Crippen LogP contribution is 2.22. The zero-order valence-electron chi connectivity index (χ0n) is 13.3. The molecule has 0 aliphatic carbocycles. The Morgan fingerprint density at radius 3 is 2.71 bits per heavy atom. The van der Waals surface area contributed by atoms with E-state index in [-0.39, 0.29) is 6.09 Å². The first-order valence-electron chi connectivity index (χ1n) is 7.72. The van der Waals surface area contributed by atoms with Gasteiger partial charge in [0, 0.05) is 25.7 Å². The molecule has 1 atom stereocenters. The lowest BCUT2D eigenvalue weighted by atomic mass is 9.95. The molecule has 1 N–H and O–H groups in total. The highest BCUT2D eigenvalue weighted by atomic mass is 16.5. The lowest BCUT2D eigenvalue weighted by Gasteiger charge is -2.36. The van der Waals surface area contributed by atoms with Crippen LogP contribution in [0.15, 0.2) is 24.3 Å². The molecule has 0 saturated carbocycles. The SMILES string of the molecule is COC(=O)NCC(CC(C)C)N1CCc2ccccc2C1. The minimum absolute atomic E-state index is 0.346. The molecule has 0 aromatic heterocycles. The summed E-state index contributed by atoms with van der Waals surface area (Å²) in [6, 6.07) is 9.00. The number of rotatable bonds is 5.